The van der Waals surface area contributed by atoms with Crippen molar-refractivity contribution in [2.24, 2.45) is 0 Å². The first-order chi connectivity index (χ1) is 11.1. The van der Waals surface area contributed by atoms with E-state index in [4.69, 9.17) is 28.4 Å². The molecule has 0 aromatic carbocycles. The van der Waals surface area contributed by atoms with Gasteiger partial charge < -0.3 is 28.4 Å². The molecule has 0 saturated carbocycles. The van der Waals surface area contributed by atoms with Crippen molar-refractivity contribution in [2.45, 2.75) is 13.3 Å². The van der Waals surface area contributed by atoms with Gasteiger partial charge >= 0.3 is 11.9 Å². The minimum Gasteiger partial charge on any atom is -0.476 e. The molecular formula is C15H24O8. The first kappa shape index (κ1) is 21.1. The van der Waals surface area contributed by atoms with Gasteiger partial charge in [-0.2, -0.15) is 0 Å². The van der Waals surface area contributed by atoms with E-state index in [1.807, 2.05) is 0 Å². The Balaban J connectivity index is 3.28. The molecule has 0 aliphatic rings. The number of carbonyl (C=O) groups is 2. The largest absolute Gasteiger partial charge is 0.476 e. The number of hydrogen-bond acceptors (Lipinski definition) is 8. The molecule has 0 aliphatic carbocycles. The normalized spacial score (nSPS) is 9.96. The third-order valence-electron chi connectivity index (χ3n) is 2.19. The molecule has 23 heavy (non-hydrogen) atoms. The third-order valence-corrected chi connectivity index (χ3v) is 2.19. The van der Waals surface area contributed by atoms with Gasteiger partial charge in [-0.3, -0.25) is 4.79 Å². The summed E-state index contributed by atoms with van der Waals surface area (Å²) in [5.41, 5.74) is 0.332. The molecule has 0 aliphatic heterocycles. The second-order valence-corrected chi connectivity index (χ2v) is 4.18. The molecule has 8 nitrogen and oxygen atoms in total. The van der Waals surface area contributed by atoms with Gasteiger partial charge in [-0.25, -0.2) is 4.79 Å². The summed E-state index contributed by atoms with van der Waals surface area (Å²) in [4.78, 5) is 22.3. The summed E-state index contributed by atoms with van der Waals surface area (Å²) < 4.78 is 29.5. The molecule has 0 radical (unpaired) electrons. The number of ether oxygens (including phenoxy) is 6. The van der Waals surface area contributed by atoms with Crippen LogP contribution in [0.1, 0.15) is 13.3 Å². The average molecular weight is 332 g/mol. The SMILES string of the molecule is C=COCOCCOC(=O)CCOCOCCOC(=O)C(=C)C. The molecule has 0 aromatic rings. The lowest BCUT2D eigenvalue weighted by molar-refractivity contribution is -0.150. The molecular weight excluding hydrogens is 308 g/mol. The Kier molecular flexibility index (Phi) is 13.8. The van der Waals surface area contributed by atoms with Crippen molar-refractivity contribution in [3.63, 3.8) is 0 Å². The van der Waals surface area contributed by atoms with Gasteiger partial charge in [0.15, 0.2) is 6.79 Å². The first-order valence-electron chi connectivity index (χ1n) is 7.02. The third kappa shape index (κ3) is 14.8. The van der Waals surface area contributed by atoms with Crippen LogP contribution in [-0.4, -0.2) is 58.6 Å². The molecule has 0 rings (SSSR count). The second kappa shape index (κ2) is 15.0. The fraction of sp³-hybridized carbons (Fsp3) is 0.600. The maximum atomic E-state index is 11.3. The molecule has 8 heteroatoms. The summed E-state index contributed by atoms with van der Waals surface area (Å²) in [5, 5.41) is 0. The summed E-state index contributed by atoms with van der Waals surface area (Å²) in [6, 6.07) is 0. The molecule has 0 saturated heterocycles. The Bertz CT molecular complexity index is 366. The van der Waals surface area contributed by atoms with Gasteiger partial charge in [-0.05, 0) is 6.92 Å². The minimum atomic E-state index is -0.461. The molecule has 0 heterocycles. The summed E-state index contributed by atoms with van der Waals surface area (Å²) in [7, 11) is 0. The molecule has 0 fully saturated rings. The second-order valence-electron chi connectivity index (χ2n) is 4.18. The van der Waals surface area contributed by atoms with Gasteiger partial charge in [0.1, 0.15) is 20.0 Å². The predicted octanol–water partition coefficient (Wildman–Crippen LogP) is 1.16. The first-order valence-corrected chi connectivity index (χ1v) is 7.02. The van der Waals surface area contributed by atoms with Gasteiger partial charge in [-0.1, -0.05) is 13.2 Å². The maximum absolute atomic E-state index is 11.3. The van der Waals surface area contributed by atoms with Crippen LogP contribution in [0.15, 0.2) is 25.0 Å². The Morgan fingerprint density at radius 3 is 2.17 bits per heavy atom. The lowest BCUT2D eigenvalue weighted by Crippen LogP contribution is -2.15. The molecule has 0 aromatic heterocycles. The van der Waals surface area contributed by atoms with Crippen LogP contribution in [0, 0.1) is 0 Å². The summed E-state index contributed by atoms with van der Waals surface area (Å²) in [6.07, 6.45) is 1.37. The van der Waals surface area contributed by atoms with Crippen molar-refractivity contribution in [3.05, 3.63) is 25.0 Å². The Morgan fingerprint density at radius 2 is 1.52 bits per heavy atom. The van der Waals surface area contributed by atoms with E-state index < -0.39 is 11.9 Å². The van der Waals surface area contributed by atoms with E-state index >= 15 is 0 Å². The van der Waals surface area contributed by atoms with Crippen LogP contribution in [0.3, 0.4) is 0 Å². The molecule has 132 valence electrons. The van der Waals surface area contributed by atoms with Gasteiger partial charge in [0, 0.05) is 5.57 Å². The van der Waals surface area contributed by atoms with Crippen molar-refractivity contribution in [2.75, 3.05) is 46.6 Å². The van der Waals surface area contributed by atoms with E-state index in [-0.39, 0.29) is 53.0 Å². The van der Waals surface area contributed by atoms with E-state index in [0.29, 0.717) is 5.57 Å². The van der Waals surface area contributed by atoms with Crippen molar-refractivity contribution in [1.29, 1.82) is 0 Å². The van der Waals surface area contributed by atoms with Crippen molar-refractivity contribution >= 4 is 11.9 Å². The number of rotatable bonds is 15. The van der Waals surface area contributed by atoms with Gasteiger partial charge in [0.05, 0.1) is 32.5 Å². The smallest absolute Gasteiger partial charge is 0.333 e. The van der Waals surface area contributed by atoms with Crippen molar-refractivity contribution in [1.82, 2.24) is 0 Å². The predicted molar refractivity (Wildman–Crippen MR) is 80.2 cm³/mol. The Hall–Kier alpha value is -1.90. The maximum Gasteiger partial charge on any atom is 0.333 e. The van der Waals surface area contributed by atoms with Gasteiger partial charge in [0.2, 0.25) is 0 Å². The topological polar surface area (TPSA) is 89.5 Å². The highest BCUT2D eigenvalue weighted by Crippen LogP contribution is 1.93. The zero-order valence-electron chi connectivity index (χ0n) is 13.4. The molecule has 0 N–H and O–H groups in total. The van der Waals surface area contributed by atoms with E-state index in [2.05, 4.69) is 13.2 Å². The Labute approximate surface area is 135 Å². The zero-order chi connectivity index (χ0) is 17.3. The number of hydrogen-bond donors (Lipinski definition) is 0. The van der Waals surface area contributed by atoms with E-state index in [1.165, 1.54) is 6.26 Å². The van der Waals surface area contributed by atoms with Crippen LogP contribution in [0.5, 0.6) is 0 Å². The van der Waals surface area contributed by atoms with E-state index in [1.54, 1.807) is 6.92 Å². The highest BCUT2D eigenvalue weighted by molar-refractivity contribution is 5.86. The van der Waals surface area contributed by atoms with Crippen LogP contribution in [0.2, 0.25) is 0 Å². The lowest BCUT2D eigenvalue weighted by atomic mass is 10.4. The molecule has 0 unspecified atom stereocenters. The number of carbonyl (C=O) groups excluding carboxylic acids is 2. The Morgan fingerprint density at radius 1 is 0.913 bits per heavy atom. The van der Waals surface area contributed by atoms with Crippen molar-refractivity contribution < 1.29 is 38.0 Å². The fourth-order valence-corrected chi connectivity index (χ4v) is 1.09. The lowest BCUT2D eigenvalue weighted by Gasteiger charge is -2.07. The van der Waals surface area contributed by atoms with Crippen LogP contribution in [0.25, 0.3) is 0 Å². The molecule has 0 bridgehead atoms. The summed E-state index contributed by atoms with van der Waals surface area (Å²) in [6.45, 7) is 9.31. The van der Waals surface area contributed by atoms with Crippen LogP contribution in [-0.2, 0) is 38.0 Å². The highest BCUT2D eigenvalue weighted by Gasteiger charge is 2.03. The van der Waals surface area contributed by atoms with Crippen LogP contribution < -0.4 is 0 Å². The molecule has 0 atom stereocenters. The standard InChI is InChI=1S/C15H24O8/c1-4-18-11-20-7-9-22-14(16)5-6-19-12-21-8-10-23-15(17)13(2)3/h4H,1-2,5-12H2,3H3. The van der Waals surface area contributed by atoms with Crippen molar-refractivity contribution in [3.8, 4) is 0 Å². The zero-order valence-corrected chi connectivity index (χ0v) is 13.4. The summed E-state index contributed by atoms with van der Waals surface area (Å²) >= 11 is 0. The highest BCUT2D eigenvalue weighted by atomic mass is 16.7. The van der Waals surface area contributed by atoms with Gasteiger partial charge in [-0.15, -0.1) is 0 Å². The fourth-order valence-electron chi connectivity index (χ4n) is 1.09. The summed E-state index contributed by atoms with van der Waals surface area (Å²) in [5.74, 6) is -0.856. The number of esters is 2. The van der Waals surface area contributed by atoms with E-state index in [9.17, 15) is 9.59 Å². The molecule has 0 spiro atoms. The van der Waals surface area contributed by atoms with E-state index in [0.717, 1.165) is 0 Å². The average Bonchev–Trinajstić information content (AvgIpc) is 2.52. The van der Waals surface area contributed by atoms with Crippen LogP contribution in [0.4, 0.5) is 0 Å². The molecule has 0 amide bonds. The van der Waals surface area contributed by atoms with Crippen LogP contribution >= 0.6 is 0 Å². The monoisotopic (exact) mass is 332 g/mol. The quantitative estimate of drug-likeness (QED) is 0.145. The minimum absolute atomic E-state index is 0.0000941. The van der Waals surface area contributed by atoms with Gasteiger partial charge in [0.25, 0.3) is 0 Å².